The Morgan fingerprint density at radius 2 is 1.61 bits per heavy atom. The predicted octanol–water partition coefficient (Wildman–Crippen LogP) is 3.76. The molecule has 3 aromatic rings. The normalized spacial score (nSPS) is 11.2. The van der Waals surface area contributed by atoms with Crippen molar-refractivity contribution in [3.8, 4) is 5.75 Å². The Balaban J connectivity index is 1.91. The topological polar surface area (TPSA) is 166 Å². The largest absolute Gasteiger partial charge is 0.497 e. The molecular weight excluding hydrogens is 454 g/mol. The van der Waals surface area contributed by atoms with Crippen LogP contribution in [0.2, 0.25) is 0 Å². The highest BCUT2D eigenvalue weighted by molar-refractivity contribution is 7.92. The Kier molecular flexibility index (Phi) is 6.83. The van der Waals surface area contributed by atoms with E-state index in [1.54, 1.807) is 18.2 Å². The monoisotopic (exact) mass is 471 g/mol. The molecule has 0 aliphatic carbocycles. The van der Waals surface area contributed by atoms with E-state index in [9.17, 15) is 28.6 Å². The molecule has 0 radical (unpaired) electrons. The van der Waals surface area contributed by atoms with Gasteiger partial charge in [0.2, 0.25) is 0 Å². The quantitative estimate of drug-likeness (QED) is 0.270. The van der Waals surface area contributed by atoms with Crippen LogP contribution in [0.3, 0.4) is 0 Å². The summed E-state index contributed by atoms with van der Waals surface area (Å²) in [5.41, 5.74) is 2.52. The average molecular weight is 471 g/mol. The van der Waals surface area contributed by atoms with Gasteiger partial charge < -0.3 is 4.74 Å². The summed E-state index contributed by atoms with van der Waals surface area (Å²) in [6.45, 7) is 0. The smallest absolute Gasteiger partial charge is 0.270 e. The zero-order valence-corrected chi connectivity index (χ0v) is 17.9. The summed E-state index contributed by atoms with van der Waals surface area (Å²) in [5.74, 6) is 0.520. The molecule has 0 heterocycles. The Bertz CT molecular complexity index is 1320. The van der Waals surface area contributed by atoms with Crippen molar-refractivity contribution in [1.82, 2.24) is 0 Å². The summed E-state index contributed by atoms with van der Waals surface area (Å²) in [6, 6.07) is 14.9. The molecule has 0 aliphatic rings. The lowest BCUT2D eigenvalue weighted by molar-refractivity contribution is -0.385. The minimum atomic E-state index is -4.25. The van der Waals surface area contributed by atoms with Gasteiger partial charge >= 0.3 is 0 Å². The molecule has 0 bridgehead atoms. The molecule has 0 aliphatic heterocycles. The van der Waals surface area contributed by atoms with Gasteiger partial charge in [0.25, 0.3) is 21.4 Å². The van der Waals surface area contributed by atoms with Crippen molar-refractivity contribution >= 4 is 39.0 Å². The first-order valence-electron chi connectivity index (χ1n) is 9.18. The molecule has 0 amide bonds. The molecule has 33 heavy (non-hydrogen) atoms. The van der Waals surface area contributed by atoms with Crippen molar-refractivity contribution in [2.24, 2.45) is 5.10 Å². The number of nitro groups is 2. The molecule has 3 rings (SSSR count). The summed E-state index contributed by atoms with van der Waals surface area (Å²) in [5, 5.41) is 26.0. The predicted molar refractivity (Wildman–Crippen MR) is 121 cm³/mol. The highest BCUT2D eigenvalue weighted by atomic mass is 32.2. The number of anilines is 2. The first-order chi connectivity index (χ1) is 15.7. The molecule has 0 spiro atoms. The highest BCUT2D eigenvalue weighted by Crippen LogP contribution is 2.29. The van der Waals surface area contributed by atoms with Crippen LogP contribution in [0.15, 0.2) is 76.7 Å². The molecule has 170 valence electrons. The van der Waals surface area contributed by atoms with Crippen LogP contribution in [0.25, 0.3) is 0 Å². The maximum absolute atomic E-state index is 13.0. The van der Waals surface area contributed by atoms with E-state index in [4.69, 9.17) is 4.74 Å². The van der Waals surface area contributed by atoms with E-state index >= 15 is 0 Å². The lowest BCUT2D eigenvalue weighted by atomic mass is 10.2. The van der Waals surface area contributed by atoms with Crippen LogP contribution in [-0.2, 0) is 10.0 Å². The van der Waals surface area contributed by atoms with Crippen LogP contribution >= 0.6 is 0 Å². The van der Waals surface area contributed by atoms with Crippen molar-refractivity contribution in [2.75, 3.05) is 17.3 Å². The standard InChI is InChI=1S/C20H17N5O7S/c1-32-18-8-5-15(6-9-18)23-33(30,31)20-12-17(25(28)29)7-10-19(20)22-21-13-14-3-2-4-16(11-14)24(26)27/h2-13,22-23H,1H3. The first kappa shape index (κ1) is 23.1. The molecule has 0 aromatic heterocycles. The molecule has 0 saturated heterocycles. The van der Waals surface area contributed by atoms with Crippen molar-refractivity contribution in [2.45, 2.75) is 4.90 Å². The number of ether oxygens (including phenoxy) is 1. The van der Waals surface area contributed by atoms with Crippen LogP contribution in [-0.4, -0.2) is 31.6 Å². The van der Waals surface area contributed by atoms with Gasteiger partial charge in [-0.2, -0.15) is 5.10 Å². The molecule has 0 atom stereocenters. The van der Waals surface area contributed by atoms with Gasteiger partial charge in [0.1, 0.15) is 10.6 Å². The fourth-order valence-electron chi connectivity index (χ4n) is 2.70. The van der Waals surface area contributed by atoms with Crippen LogP contribution < -0.4 is 14.9 Å². The molecule has 0 saturated carbocycles. The lowest BCUT2D eigenvalue weighted by Crippen LogP contribution is -2.15. The van der Waals surface area contributed by atoms with Gasteiger partial charge in [-0.05, 0) is 30.3 Å². The van der Waals surface area contributed by atoms with E-state index in [2.05, 4.69) is 15.2 Å². The van der Waals surface area contributed by atoms with Gasteiger partial charge in [-0.3, -0.25) is 30.4 Å². The zero-order chi connectivity index (χ0) is 24.0. The lowest BCUT2D eigenvalue weighted by Gasteiger charge is -2.12. The molecule has 0 fully saturated rings. The van der Waals surface area contributed by atoms with Crippen molar-refractivity contribution in [3.63, 3.8) is 0 Å². The van der Waals surface area contributed by atoms with Gasteiger partial charge in [-0.15, -0.1) is 0 Å². The van der Waals surface area contributed by atoms with Crippen molar-refractivity contribution in [1.29, 1.82) is 0 Å². The second kappa shape index (κ2) is 9.74. The van der Waals surface area contributed by atoms with Crippen LogP contribution in [0.4, 0.5) is 22.7 Å². The van der Waals surface area contributed by atoms with E-state index in [-0.39, 0.29) is 17.1 Å². The molecular formula is C20H17N5O7S. The van der Waals surface area contributed by atoms with Gasteiger partial charge in [-0.1, -0.05) is 12.1 Å². The fourth-order valence-corrected chi connectivity index (χ4v) is 3.94. The number of rotatable bonds is 9. The summed E-state index contributed by atoms with van der Waals surface area (Å²) >= 11 is 0. The Morgan fingerprint density at radius 1 is 0.939 bits per heavy atom. The number of hydrazone groups is 1. The minimum Gasteiger partial charge on any atom is -0.497 e. The Morgan fingerprint density at radius 3 is 2.24 bits per heavy atom. The summed E-state index contributed by atoms with van der Waals surface area (Å²) in [7, 11) is -2.79. The second-order valence-corrected chi connectivity index (χ2v) is 8.14. The minimum absolute atomic E-state index is 0.0386. The number of sulfonamides is 1. The number of benzene rings is 3. The molecule has 0 unspecified atom stereocenters. The van der Waals surface area contributed by atoms with Gasteiger partial charge in [0.15, 0.2) is 0 Å². The number of nitrogens with one attached hydrogen (secondary N) is 2. The SMILES string of the molecule is COc1ccc(NS(=O)(=O)c2cc([N+](=O)[O-])ccc2NN=Cc2cccc([N+](=O)[O-])c2)cc1. The molecule has 3 aromatic carbocycles. The third-order valence-electron chi connectivity index (χ3n) is 4.29. The van der Waals surface area contributed by atoms with E-state index in [0.717, 1.165) is 12.1 Å². The molecule has 12 nitrogen and oxygen atoms in total. The number of hydrogen-bond acceptors (Lipinski definition) is 9. The van der Waals surface area contributed by atoms with E-state index in [1.807, 2.05) is 0 Å². The van der Waals surface area contributed by atoms with Gasteiger partial charge in [0.05, 0.1) is 28.9 Å². The van der Waals surface area contributed by atoms with Crippen molar-refractivity contribution < 1.29 is 23.0 Å². The Hall–Kier alpha value is -4.52. The third-order valence-corrected chi connectivity index (χ3v) is 5.71. The summed E-state index contributed by atoms with van der Waals surface area (Å²) < 4.78 is 33.3. The van der Waals surface area contributed by atoms with Crippen molar-refractivity contribution in [3.05, 3.63) is 92.5 Å². The summed E-state index contributed by atoms with van der Waals surface area (Å²) in [6.07, 6.45) is 1.25. The van der Waals surface area contributed by atoms with E-state index < -0.39 is 30.5 Å². The van der Waals surface area contributed by atoms with Gasteiger partial charge in [0, 0.05) is 35.5 Å². The number of non-ortho nitro benzene ring substituents is 2. The zero-order valence-electron chi connectivity index (χ0n) is 17.0. The molecule has 13 heteroatoms. The number of hydrogen-bond donors (Lipinski definition) is 2. The summed E-state index contributed by atoms with van der Waals surface area (Å²) in [4.78, 5) is 20.4. The maximum atomic E-state index is 13.0. The highest BCUT2D eigenvalue weighted by Gasteiger charge is 2.22. The van der Waals surface area contributed by atoms with E-state index in [1.165, 1.54) is 49.7 Å². The molecule has 2 N–H and O–H groups in total. The van der Waals surface area contributed by atoms with Crippen LogP contribution in [0.1, 0.15) is 5.56 Å². The number of nitro benzene ring substituents is 2. The Labute approximate surface area is 187 Å². The number of nitrogens with zero attached hydrogens (tertiary/aromatic N) is 3. The second-order valence-electron chi connectivity index (χ2n) is 6.49. The van der Waals surface area contributed by atoms with Crippen LogP contribution in [0, 0.1) is 20.2 Å². The first-order valence-corrected chi connectivity index (χ1v) is 10.7. The maximum Gasteiger partial charge on any atom is 0.270 e. The van der Waals surface area contributed by atoms with E-state index in [0.29, 0.717) is 11.3 Å². The van der Waals surface area contributed by atoms with Gasteiger partial charge in [-0.25, -0.2) is 8.42 Å². The average Bonchev–Trinajstić information content (AvgIpc) is 2.79. The fraction of sp³-hybridized carbons (Fsp3) is 0.0500. The number of methoxy groups -OCH3 is 1. The third kappa shape index (κ3) is 5.80. The van der Waals surface area contributed by atoms with Crippen LogP contribution in [0.5, 0.6) is 5.75 Å².